The number of ether oxygens (including phenoxy) is 1. The van der Waals surface area contributed by atoms with E-state index in [9.17, 15) is 4.79 Å². The summed E-state index contributed by atoms with van der Waals surface area (Å²) in [6.07, 6.45) is 0.135. The number of Topliss-reactive ketones (excluding diaryl/α,β-unsaturated/α-hetero) is 1. The van der Waals surface area contributed by atoms with Crippen molar-refractivity contribution in [1.82, 2.24) is 5.32 Å². The van der Waals surface area contributed by atoms with Crippen molar-refractivity contribution in [2.24, 2.45) is 5.92 Å². The fourth-order valence-corrected chi connectivity index (χ4v) is 0.811. The average Bonchev–Trinajstić information content (AvgIpc) is 2.00. The van der Waals surface area contributed by atoms with E-state index in [1.807, 2.05) is 27.8 Å². The zero-order valence-electron chi connectivity index (χ0n) is 8.39. The molecule has 0 rings (SSSR count). The lowest BCUT2D eigenvalue weighted by molar-refractivity contribution is -0.128. The van der Waals surface area contributed by atoms with E-state index in [1.54, 1.807) is 0 Å². The summed E-state index contributed by atoms with van der Waals surface area (Å²) in [4.78, 5) is 11.3. The lowest BCUT2D eigenvalue weighted by Gasteiger charge is -2.11. The van der Waals surface area contributed by atoms with Crippen molar-refractivity contribution in [2.45, 2.75) is 26.9 Å². The van der Waals surface area contributed by atoms with Gasteiger partial charge in [-0.05, 0) is 20.9 Å². The van der Waals surface area contributed by atoms with Crippen LogP contribution in [-0.4, -0.2) is 32.1 Å². The molecule has 0 saturated carbocycles. The first-order valence-electron chi connectivity index (χ1n) is 4.36. The number of ketones is 1. The molecule has 0 saturated heterocycles. The van der Waals surface area contributed by atoms with Gasteiger partial charge in [-0.3, -0.25) is 4.79 Å². The van der Waals surface area contributed by atoms with Gasteiger partial charge >= 0.3 is 0 Å². The monoisotopic (exact) mass is 173 g/mol. The Kier molecular flexibility index (Phi) is 5.93. The van der Waals surface area contributed by atoms with E-state index in [-0.39, 0.29) is 24.4 Å². The molecule has 1 atom stereocenters. The van der Waals surface area contributed by atoms with Crippen LogP contribution in [0.3, 0.4) is 0 Å². The van der Waals surface area contributed by atoms with Crippen molar-refractivity contribution in [3.8, 4) is 0 Å². The Balaban J connectivity index is 3.57. The normalized spacial score (nSPS) is 13.4. The van der Waals surface area contributed by atoms with E-state index in [4.69, 9.17) is 4.74 Å². The smallest absolute Gasteiger partial charge is 0.162 e. The maximum absolute atomic E-state index is 11.3. The van der Waals surface area contributed by atoms with Crippen LogP contribution in [0.25, 0.3) is 0 Å². The van der Waals surface area contributed by atoms with Gasteiger partial charge in [0.1, 0.15) is 6.61 Å². The number of carbonyl (C=O) groups excluding carboxylic acids is 1. The molecule has 0 radical (unpaired) electrons. The highest BCUT2D eigenvalue weighted by atomic mass is 16.5. The summed E-state index contributed by atoms with van der Waals surface area (Å²) in [5, 5.41) is 2.96. The molecule has 0 aliphatic rings. The second-order valence-corrected chi connectivity index (χ2v) is 3.28. The highest BCUT2D eigenvalue weighted by molar-refractivity contribution is 5.82. The predicted molar refractivity (Wildman–Crippen MR) is 49.2 cm³/mol. The number of nitrogens with one attached hydrogen (secondary N) is 1. The molecule has 3 heteroatoms. The van der Waals surface area contributed by atoms with Crippen molar-refractivity contribution in [2.75, 3.05) is 20.2 Å². The first kappa shape index (κ1) is 11.6. The SMILES string of the molecule is CNCC(C)C(=O)COC(C)C. The minimum absolute atomic E-state index is 0.0498. The molecule has 12 heavy (non-hydrogen) atoms. The molecule has 0 aromatic carbocycles. The van der Waals surface area contributed by atoms with Gasteiger partial charge in [0, 0.05) is 12.5 Å². The second-order valence-electron chi connectivity index (χ2n) is 3.28. The summed E-state index contributed by atoms with van der Waals surface area (Å²) >= 11 is 0. The predicted octanol–water partition coefficient (Wildman–Crippen LogP) is 0.836. The van der Waals surface area contributed by atoms with E-state index in [1.165, 1.54) is 0 Å². The van der Waals surface area contributed by atoms with Gasteiger partial charge in [-0.15, -0.1) is 0 Å². The van der Waals surface area contributed by atoms with Gasteiger partial charge in [-0.25, -0.2) is 0 Å². The molecule has 0 heterocycles. The zero-order valence-corrected chi connectivity index (χ0v) is 8.39. The highest BCUT2D eigenvalue weighted by Crippen LogP contribution is 1.97. The molecule has 0 aliphatic heterocycles. The third-order valence-corrected chi connectivity index (χ3v) is 1.62. The van der Waals surface area contributed by atoms with Crippen LogP contribution in [0.2, 0.25) is 0 Å². The Morgan fingerprint density at radius 1 is 1.42 bits per heavy atom. The molecule has 0 bridgehead atoms. The van der Waals surface area contributed by atoms with E-state index < -0.39 is 0 Å². The van der Waals surface area contributed by atoms with Gasteiger partial charge in [-0.1, -0.05) is 6.92 Å². The quantitative estimate of drug-likeness (QED) is 0.646. The Hall–Kier alpha value is -0.410. The molecule has 0 fully saturated rings. The van der Waals surface area contributed by atoms with Crippen molar-refractivity contribution in [1.29, 1.82) is 0 Å². The third-order valence-electron chi connectivity index (χ3n) is 1.62. The van der Waals surface area contributed by atoms with Crippen LogP contribution in [0.4, 0.5) is 0 Å². The standard InChI is InChI=1S/C9H19NO2/c1-7(2)12-6-9(11)8(3)5-10-4/h7-8,10H,5-6H2,1-4H3. The number of hydrogen-bond donors (Lipinski definition) is 1. The molecule has 0 spiro atoms. The van der Waals surface area contributed by atoms with E-state index in [2.05, 4.69) is 5.32 Å². The van der Waals surface area contributed by atoms with Crippen LogP contribution in [0.15, 0.2) is 0 Å². The zero-order chi connectivity index (χ0) is 9.56. The lowest BCUT2D eigenvalue weighted by Crippen LogP contribution is -2.27. The van der Waals surface area contributed by atoms with Gasteiger partial charge in [0.05, 0.1) is 6.10 Å². The highest BCUT2D eigenvalue weighted by Gasteiger charge is 2.11. The second kappa shape index (κ2) is 6.14. The van der Waals surface area contributed by atoms with Crippen LogP contribution in [0.5, 0.6) is 0 Å². The minimum atomic E-state index is 0.0498. The summed E-state index contributed by atoms with van der Waals surface area (Å²) < 4.78 is 5.19. The number of hydrogen-bond acceptors (Lipinski definition) is 3. The Morgan fingerprint density at radius 2 is 2.00 bits per heavy atom. The summed E-state index contributed by atoms with van der Waals surface area (Å²) in [6.45, 7) is 6.72. The molecular formula is C9H19NO2. The van der Waals surface area contributed by atoms with E-state index >= 15 is 0 Å². The fourth-order valence-electron chi connectivity index (χ4n) is 0.811. The van der Waals surface area contributed by atoms with Gasteiger partial charge in [0.25, 0.3) is 0 Å². The molecule has 0 aromatic rings. The molecule has 3 nitrogen and oxygen atoms in total. The molecular weight excluding hydrogens is 154 g/mol. The van der Waals surface area contributed by atoms with Gasteiger partial charge in [-0.2, -0.15) is 0 Å². The molecule has 0 aromatic heterocycles. The summed E-state index contributed by atoms with van der Waals surface area (Å²) in [5.74, 6) is 0.215. The maximum atomic E-state index is 11.3. The molecule has 0 aliphatic carbocycles. The summed E-state index contributed by atoms with van der Waals surface area (Å²) in [6, 6.07) is 0. The maximum Gasteiger partial charge on any atom is 0.162 e. The largest absolute Gasteiger partial charge is 0.371 e. The average molecular weight is 173 g/mol. The third kappa shape index (κ3) is 5.27. The number of rotatable bonds is 6. The van der Waals surface area contributed by atoms with Crippen LogP contribution in [-0.2, 0) is 9.53 Å². The van der Waals surface area contributed by atoms with Crippen molar-refractivity contribution in [3.63, 3.8) is 0 Å². The topological polar surface area (TPSA) is 38.3 Å². The Bertz CT molecular complexity index is 134. The summed E-state index contributed by atoms with van der Waals surface area (Å²) in [5.41, 5.74) is 0. The Morgan fingerprint density at radius 3 is 2.42 bits per heavy atom. The Labute approximate surface area is 74.5 Å². The molecule has 1 unspecified atom stereocenters. The van der Waals surface area contributed by atoms with Crippen LogP contribution >= 0.6 is 0 Å². The first-order chi connectivity index (χ1) is 5.57. The van der Waals surface area contributed by atoms with Crippen LogP contribution in [0.1, 0.15) is 20.8 Å². The first-order valence-corrected chi connectivity index (χ1v) is 4.36. The van der Waals surface area contributed by atoms with Crippen LogP contribution < -0.4 is 5.32 Å². The van der Waals surface area contributed by atoms with Crippen molar-refractivity contribution >= 4 is 5.78 Å². The van der Waals surface area contributed by atoms with Crippen LogP contribution in [0, 0.1) is 5.92 Å². The van der Waals surface area contributed by atoms with Gasteiger partial charge < -0.3 is 10.1 Å². The summed E-state index contributed by atoms with van der Waals surface area (Å²) in [7, 11) is 1.84. The van der Waals surface area contributed by atoms with E-state index in [0.29, 0.717) is 0 Å². The number of carbonyl (C=O) groups is 1. The van der Waals surface area contributed by atoms with Crippen molar-refractivity contribution < 1.29 is 9.53 Å². The minimum Gasteiger partial charge on any atom is -0.371 e. The fraction of sp³-hybridized carbons (Fsp3) is 0.889. The van der Waals surface area contributed by atoms with E-state index in [0.717, 1.165) is 6.54 Å². The lowest BCUT2D eigenvalue weighted by atomic mass is 10.1. The van der Waals surface area contributed by atoms with Gasteiger partial charge in [0.2, 0.25) is 0 Å². The van der Waals surface area contributed by atoms with Gasteiger partial charge in [0.15, 0.2) is 5.78 Å². The molecule has 1 N–H and O–H groups in total. The van der Waals surface area contributed by atoms with Crippen molar-refractivity contribution in [3.05, 3.63) is 0 Å². The molecule has 72 valence electrons. The molecule has 0 amide bonds.